The van der Waals surface area contributed by atoms with Crippen LogP contribution in [0.25, 0.3) is 11.4 Å². The zero-order valence-corrected chi connectivity index (χ0v) is 14.4. The van der Waals surface area contributed by atoms with E-state index in [1.54, 1.807) is 17.9 Å². The summed E-state index contributed by atoms with van der Waals surface area (Å²) in [4.78, 5) is 20.7. The molecule has 0 saturated carbocycles. The van der Waals surface area contributed by atoms with E-state index in [4.69, 9.17) is 9.47 Å². The van der Waals surface area contributed by atoms with Crippen LogP contribution in [-0.2, 0) is 7.05 Å². The largest absolute Gasteiger partial charge is 0.481 e. The lowest BCUT2D eigenvalue weighted by molar-refractivity contribution is 0.102. The Kier molecular flexibility index (Phi) is 4.78. The molecule has 1 N–H and O–H groups in total. The number of amides is 1. The maximum atomic E-state index is 14.1. The minimum absolute atomic E-state index is 0.120. The van der Waals surface area contributed by atoms with Gasteiger partial charge in [0.05, 0.1) is 32.2 Å². The Morgan fingerprint density at radius 1 is 1.12 bits per heavy atom. The summed E-state index contributed by atoms with van der Waals surface area (Å²) in [6.45, 7) is 0. The van der Waals surface area contributed by atoms with Gasteiger partial charge in [-0.1, -0.05) is 0 Å². The minimum Gasteiger partial charge on any atom is -0.481 e. The molecule has 0 bridgehead atoms. The van der Waals surface area contributed by atoms with Gasteiger partial charge in [-0.2, -0.15) is 15.1 Å². The summed E-state index contributed by atoms with van der Waals surface area (Å²) in [5, 5.41) is 6.62. The van der Waals surface area contributed by atoms with Gasteiger partial charge in [0.1, 0.15) is 5.82 Å². The fourth-order valence-electron chi connectivity index (χ4n) is 2.28. The average Bonchev–Trinajstić information content (AvgIpc) is 3.05. The standard InChI is InChI=1S/C17H16FN5O3/c1-23-9-13(8-19-23)20-17(24)11-4-10(5-12(18)6-11)16-21-14(25-2)7-15(22-16)26-3/h4-9H,1-3H3,(H,20,24). The molecular formula is C17H16FN5O3. The van der Waals surface area contributed by atoms with E-state index in [1.807, 2.05) is 0 Å². The Bertz CT molecular complexity index is 935. The zero-order valence-electron chi connectivity index (χ0n) is 14.4. The van der Waals surface area contributed by atoms with Gasteiger partial charge in [0, 0.05) is 24.4 Å². The van der Waals surface area contributed by atoms with Crippen molar-refractivity contribution in [1.29, 1.82) is 0 Å². The Morgan fingerprint density at radius 2 is 1.81 bits per heavy atom. The van der Waals surface area contributed by atoms with E-state index in [0.29, 0.717) is 11.3 Å². The number of anilines is 1. The van der Waals surface area contributed by atoms with Gasteiger partial charge in [-0.15, -0.1) is 0 Å². The molecule has 0 aliphatic heterocycles. The Balaban J connectivity index is 1.96. The Labute approximate surface area is 148 Å². The van der Waals surface area contributed by atoms with Crippen molar-refractivity contribution < 1.29 is 18.7 Å². The van der Waals surface area contributed by atoms with E-state index in [-0.39, 0.29) is 23.1 Å². The van der Waals surface area contributed by atoms with Gasteiger partial charge >= 0.3 is 0 Å². The zero-order chi connectivity index (χ0) is 18.7. The van der Waals surface area contributed by atoms with E-state index in [9.17, 15) is 9.18 Å². The molecule has 9 heteroatoms. The topological polar surface area (TPSA) is 91.2 Å². The van der Waals surface area contributed by atoms with Crippen molar-refractivity contribution >= 4 is 11.6 Å². The predicted octanol–water partition coefficient (Wildman–Crippen LogP) is 2.29. The summed E-state index contributed by atoms with van der Waals surface area (Å²) >= 11 is 0. The second-order valence-electron chi connectivity index (χ2n) is 5.36. The first-order valence-electron chi connectivity index (χ1n) is 7.56. The number of methoxy groups -OCH3 is 2. The van der Waals surface area contributed by atoms with Gasteiger partial charge in [0.15, 0.2) is 5.82 Å². The molecule has 8 nitrogen and oxygen atoms in total. The molecule has 1 amide bonds. The first kappa shape index (κ1) is 17.3. The van der Waals surface area contributed by atoms with Gasteiger partial charge in [0.25, 0.3) is 5.91 Å². The van der Waals surface area contributed by atoms with Gasteiger partial charge in [0.2, 0.25) is 11.8 Å². The first-order chi connectivity index (χ1) is 12.5. The molecule has 0 fully saturated rings. The summed E-state index contributed by atoms with van der Waals surface area (Å²) in [6.07, 6.45) is 3.13. The second kappa shape index (κ2) is 7.18. The first-order valence-corrected chi connectivity index (χ1v) is 7.56. The van der Waals surface area contributed by atoms with E-state index in [2.05, 4.69) is 20.4 Å². The third-order valence-electron chi connectivity index (χ3n) is 3.48. The van der Waals surface area contributed by atoms with Crippen molar-refractivity contribution in [2.75, 3.05) is 19.5 Å². The number of halogens is 1. The van der Waals surface area contributed by atoms with Crippen LogP contribution < -0.4 is 14.8 Å². The number of hydrogen-bond acceptors (Lipinski definition) is 6. The number of aryl methyl sites for hydroxylation is 1. The number of hydrogen-bond donors (Lipinski definition) is 1. The van der Waals surface area contributed by atoms with Crippen LogP contribution in [0, 0.1) is 5.82 Å². The van der Waals surface area contributed by atoms with Crippen LogP contribution in [0.2, 0.25) is 0 Å². The molecule has 3 rings (SSSR count). The fraction of sp³-hybridized carbons (Fsp3) is 0.176. The van der Waals surface area contributed by atoms with Crippen LogP contribution in [0.15, 0.2) is 36.7 Å². The van der Waals surface area contributed by atoms with Gasteiger partial charge in [-0.25, -0.2) is 4.39 Å². The number of nitrogens with one attached hydrogen (secondary N) is 1. The van der Waals surface area contributed by atoms with Gasteiger partial charge in [-0.3, -0.25) is 9.48 Å². The molecule has 0 spiro atoms. The molecular weight excluding hydrogens is 341 g/mol. The highest BCUT2D eigenvalue weighted by Crippen LogP contribution is 2.24. The number of aromatic nitrogens is 4. The molecule has 3 aromatic rings. The predicted molar refractivity (Wildman–Crippen MR) is 91.7 cm³/mol. The molecule has 0 radical (unpaired) electrons. The fourth-order valence-corrected chi connectivity index (χ4v) is 2.28. The number of nitrogens with zero attached hydrogens (tertiary/aromatic N) is 4. The monoisotopic (exact) mass is 357 g/mol. The lowest BCUT2D eigenvalue weighted by atomic mass is 10.1. The lowest BCUT2D eigenvalue weighted by Crippen LogP contribution is -2.12. The molecule has 2 aromatic heterocycles. The summed E-state index contributed by atoms with van der Waals surface area (Å²) in [5.41, 5.74) is 0.940. The molecule has 0 aliphatic rings. The van der Waals surface area contributed by atoms with E-state index < -0.39 is 11.7 Å². The molecule has 0 saturated heterocycles. The lowest BCUT2D eigenvalue weighted by Gasteiger charge is -2.08. The Hall–Kier alpha value is -3.49. The third-order valence-corrected chi connectivity index (χ3v) is 3.48. The summed E-state index contributed by atoms with van der Waals surface area (Å²) < 4.78 is 25.8. The third kappa shape index (κ3) is 3.77. The number of rotatable bonds is 5. The van der Waals surface area contributed by atoms with Crippen molar-refractivity contribution in [2.45, 2.75) is 0 Å². The van der Waals surface area contributed by atoms with E-state index in [1.165, 1.54) is 38.6 Å². The number of benzene rings is 1. The smallest absolute Gasteiger partial charge is 0.255 e. The van der Waals surface area contributed by atoms with E-state index >= 15 is 0 Å². The van der Waals surface area contributed by atoms with Crippen LogP contribution in [0.4, 0.5) is 10.1 Å². The highest BCUT2D eigenvalue weighted by Gasteiger charge is 2.14. The maximum absolute atomic E-state index is 14.1. The van der Waals surface area contributed by atoms with Crippen molar-refractivity contribution in [3.8, 4) is 23.1 Å². The Morgan fingerprint density at radius 3 is 2.38 bits per heavy atom. The van der Waals surface area contributed by atoms with Crippen molar-refractivity contribution in [3.63, 3.8) is 0 Å². The molecule has 2 heterocycles. The summed E-state index contributed by atoms with van der Waals surface area (Å²) in [7, 11) is 4.62. The van der Waals surface area contributed by atoms with Crippen LogP contribution in [0.3, 0.4) is 0 Å². The van der Waals surface area contributed by atoms with Crippen LogP contribution in [0.1, 0.15) is 10.4 Å². The second-order valence-corrected chi connectivity index (χ2v) is 5.36. The van der Waals surface area contributed by atoms with Gasteiger partial charge < -0.3 is 14.8 Å². The normalized spacial score (nSPS) is 10.5. The van der Waals surface area contributed by atoms with Crippen LogP contribution in [0.5, 0.6) is 11.8 Å². The maximum Gasteiger partial charge on any atom is 0.255 e. The van der Waals surface area contributed by atoms with Crippen molar-refractivity contribution in [3.05, 3.63) is 48.0 Å². The molecule has 134 valence electrons. The quantitative estimate of drug-likeness (QED) is 0.753. The van der Waals surface area contributed by atoms with Crippen LogP contribution in [-0.4, -0.2) is 39.9 Å². The van der Waals surface area contributed by atoms with E-state index in [0.717, 1.165) is 6.07 Å². The highest BCUT2D eigenvalue weighted by molar-refractivity contribution is 6.04. The number of ether oxygens (including phenoxy) is 2. The molecule has 0 unspecified atom stereocenters. The molecule has 1 aromatic carbocycles. The summed E-state index contributed by atoms with van der Waals surface area (Å²) in [5.74, 6) is -0.371. The highest BCUT2D eigenvalue weighted by atomic mass is 19.1. The molecule has 0 atom stereocenters. The molecule has 0 aliphatic carbocycles. The number of carbonyl (C=O) groups is 1. The average molecular weight is 357 g/mol. The van der Waals surface area contributed by atoms with Crippen molar-refractivity contribution in [2.24, 2.45) is 7.05 Å². The van der Waals surface area contributed by atoms with Crippen molar-refractivity contribution in [1.82, 2.24) is 19.7 Å². The number of carbonyl (C=O) groups excluding carboxylic acids is 1. The minimum atomic E-state index is -0.593. The van der Waals surface area contributed by atoms with Gasteiger partial charge in [-0.05, 0) is 18.2 Å². The van der Waals surface area contributed by atoms with Crippen LogP contribution >= 0.6 is 0 Å². The summed E-state index contributed by atoms with van der Waals surface area (Å²) in [6, 6.07) is 5.35. The molecule has 26 heavy (non-hydrogen) atoms. The SMILES string of the molecule is COc1cc(OC)nc(-c2cc(F)cc(C(=O)Nc3cnn(C)c3)c2)n1.